The molecule has 2 nitrogen and oxygen atoms in total. The van der Waals surface area contributed by atoms with Gasteiger partial charge < -0.3 is 9.84 Å². The Hall–Kier alpha value is -1.49. The molecular weight excluding hydrogens is 269 g/mol. The second-order valence-corrected chi connectivity index (χ2v) is 5.12. The number of hydrogen-bond donors (Lipinski definition) is 1. The summed E-state index contributed by atoms with van der Waals surface area (Å²) < 4.78 is 45.1. The van der Waals surface area contributed by atoms with Crippen LogP contribution in [0.1, 0.15) is 30.5 Å². The summed E-state index contributed by atoms with van der Waals surface area (Å²) in [6.07, 6.45) is -4.03. The van der Waals surface area contributed by atoms with Gasteiger partial charge in [0.25, 0.3) is 0 Å². The number of benzene rings is 1. The number of aryl methyl sites for hydroxylation is 2. The van der Waals surface area contributed by atoms with Gasteiger partial charge in [-0.1, -0.05) is 5.57 Å². The lowest BCUT2D eigenvalue weighted by Gasteiger charge is -2.30. The second kappa shape index (κ2) is 5.48. The third-order valence-electron chi connectivity index (χ3n) is 3.16. The van der Waals surface area contributed by atoms with Gasteiger partial charge in [-0.3, -0.25) is 0 Å². The molecule has 5 heteroatoms. The maximum Gasteiger partial charge on any atom is 0.425 e. The van der Waals surface area contributed by atoms with Crippen LogP contribution in [0.5, 0.6) is 5.75 Å². The van der Waals surface area contributed by atoms with Gasteiger partial charge in [0, 0.05) is 5.56 Å². The van der Waals surface area contributed by atoms with Crippen LogP contribution in [0.4, 0.5) is 13.2 Å². The molecule has 0 aliphatic carbocycles. The second-order valence-electron chi connectivity index (χ2n) is 5.12. The first-order chi connectivity index (χ1) is 9.02. The molecule has 20 heavy (non-hydrogen) atoms. The maximum absolute atomic E-state index is 13.3. The van der Waals surface area contributed by atoms with E-state index in [9.17, 15) is 18.3 Å². The van der Waals surface area contributed by atoms with Crippen LogP contribution in [0, 0.1) is 13.8 Å². The van der Waals surface area contributed by atoms with Crippen LogP contribution in [0.2, 0.25) is 0 Å². The molecular formula is C15H19F3O2. The molecule has 0 fully saturated rings. The smallest absolute Gasteiger partial charge is 0.425 e. The van der Waals surface area contributed by atoms with E-state index in [1.807, 2.05) is 0 Å². The van der Waals surface area contributed by atoms with Crippen LogP contribution in [-0.2, 0) is 5.60 Å². The van der Waals surface area contributed by atoms with Gasteiger partial charge in [-0.15, -0.1) is 0 Å². The summed E-state index contributed by atoms with van der Waals surface area (Å²) in [4.78, 5) is 0. The van der Waals surface area contributed by atoms with Crippen molar-refractivity contribution in [3.05, 3.63) is 40.5 Å². The van der Waals surface area contributed by atoms with Gasteiger partial charge in [0.1, 0.15) is 5.75 Å². The maximum atomic E-state index is 13.3. The van der Waals surface area contributed by atoms with Crippen molar-refractivity contribution in [1.82, 2.24) is 0 Å². The van der Waals surface area contributed by atoms with E-state index >= 15 is 0 Å². The standard InChI is InChI=1S/C15H19F3O2/c1-9(2)8-14(19,15(16,17)18)12-6-10(3)11(4)7-13(12)20-5/h6-8,19H,1-5H3. The van der Waals surface area contributed by atoms with Crippen LogP contribution in [0.15, 0.2) is 23.8 Å². The van der Waals surface area contributed by atoms with Crippen LogP contribution in [-0.4, -0.2) is 18.4 Å². The first kappa shape index (κ1) is 16.6. The average molecular weight is 288 g/mol. The van der Waals surface area contributed by atoms with Crippen molar-refractivity contribution in [2.24, 2.45) is 0 Å². The Labute approximate surface area is 116 Å². The lowest BCUT2D eigenvalue weighted by Crippen LogP contribution is -2.41. The van der Waals surface area contributed by atoms with Gasteiger partial charge in [0.05, 0.1) is 7.11 Å². The van der Waals surface area contributed by atoms with Crippen molar-refractivity contribution in [3.63, 3.8) is 0 Å². The molecule has 0 aliphatic heterocycles. The van der Waals surface area contributed by atoms with Crippen LogP contribution in [0.3, 0.4) is 0 Å². The third kappa shape index (κ3) is 2.98. The molecule has 0 spiro atoms. The first-order valence-corrected chi connectivity index (χ1v) is 6.13. The van der Waals surface area contributed by atoms with E-state index in [1.54, 1.807) is 13.8 Å². The molecule has 0 aliphatic rings. The molecule has 0 saturated heterocycles. The number of alkyl halides is 3. The van der Waals surface area contributed by atoms with Gasteiger partial charge in [-0.05, 0) is 57.0 Å². The zero-order valence-corrected chi connectivity index (χ0v) is 12.2. The molecule has 112 valence electrons. The van der Waals surface area contributed by atoms with Crippen molar-refractivity contribution in [3.8, 4) is 5.75 Å². The molecule has 0 heterocycles. The summed E-state index contributed by atoms with van der Waals surface area (Å²) in [5, 5.41) is 10.2. The summed E-state index contributed by atoms with van der Waals surface area (Å²) in [6, 6.07) is 2.82. The highest BCUT2D eigenvalue weighted by atomic mass is 19.4. The van der Waals surface area contributed by atoms with E-state index in [4.69, 9.17) is 4.74 Å². The van der Waals surface area contributed by atoms with Gasteiger partial charge in [0.15, 0.2) is 0 Å². The Morgan fingerprint density at radius 2 is 1.65 bits per heavy atom. The minimum Gasteiger partial charge on any atom is -0.496 e. The molecule has 1 N–H and O–H groups in total. The Kier molecular flexibility index (Phi) is 4.54. The van der Waals surface area contributed by atoms with Crippen molar-refractivity contribution in [1.29, 1.82) is 0 Å². The van der Waals surface area contributed by atoms with Crippen LogP contribution < -0.4 is 4.74 Å². The van der Waals surface area contributed by atoms with Crippen LogP contribution >= 0.6 is 0 Å². The number of halogens is 3. The normalized spacial score (nSPS) is 14.7. The number of aliphatic hydroxyl groups is 1. The quantitative estimate of drug-likeness (QED) is 0.851. The SMILES string of the molecule is COc1cc(C)c(C)cc1C(O)(C=C(C)C)C(F)(F)F. The van der Waals surface area contributed by atoms with Gasteiger partial charge in [0.2, 0.25) is 5.60 Å². The summed E-state index contributed by atoms with van der Waals surface area (Å²) in [7, 11) is 1.28. The highest BCUT2D eigenvalue weighted by Crippen LogP contribution is 2.45. The molecule has 1 unspecified atom stereocenters. The molecule has 0 aromatic heterocycles. The Morgan fingerprint density at radius 1 is 1.15 bits per heavy atom. The van der Waals surface area contributed by atoms with Gasteiger partial charge >= 0.3 is 6.18 Å². The Bertz CT molecular complexity index is 529. The predicted octanol–water partition coefficient (Wildman–Crippen LogP) is 4.03. The van der Waals surface area contributed by atoms with Crippen molar-refractivity contribution < 1.29 is 23.0 Å². The fourth-order valence-corrected chi connectivity index (χ4v) is 1.99. The third-order valence-corrected chi connectivity index (χ3v) is 3.16. The van der Waals surface area contributed by atoms with Crippen molar-refractivity contribution >= 4 is 0 Å². The van der Waals surface area contributed by atoms with E-state index < -0.39 is 11.8 Å². The Morgan fingerprint density at radius 3 is 2.05 bits per heavy atom. The minimum atomic E-state index is -4.83. The molecule has 1 rings (SSSR count). The zero-order chi connectivity index (χ0) is 15.7. The van der Waals surface area contributed by atoms with Crippen molar-refractivity contribution in [2.45, 2.75) is 39.5 Å². The summed E-state index contributed by atoms with van der Waals surface area (Å²) in [6.45, 7) is 6.47. The largest absolute Gasteiger partial charge is 0.496 e. The summed E-state index contributed by atoms with van der Waals surface area (Å²) >= 11 is 0. The van der Waals surface area contributed by atoms with Crippen molar-refractivity contribution in [2.75, 3.05) is 7.11 Å². The number of allylic oxidation sites excluding steroid dienone is 1. The molecule has 0 bridgehead atoms. The van der Waals surface area contributed by atoms with E-state index in [0.717, 1.165) is 11.6 Å². The average Bonchev–Trinajstić information content (AvgIpc) is 2.29. The molecule has 1 atom stereocenters. The molecule has 1 aromatic rings. The fraction of sp³-hybridized carbons (Fsp3) is 0.467. The number of methoxy groups -OCH3 is 1. The highest BCUT2D eigenvalue weighted by Gasteiger charge is 2.54. The first-order valence-electron chi connectivity index (χ1n) is 6.13. The summed E-state index contributed by atoms with van der Waals surface area (Å²) in [5.74, 6) is 0.0189. The molecule has 1 aromatic carbocycles. The number of hydrogen-bond acceptors (Lipinski definition) is 2. The summed E-state index contributed by atoms with van der Waals surface area (Å²) in [5.41, 5.74) is -1.53. The fourth-order valence-electron chi connectivity index (χ4n) is 1.99. The van der Waals surface area contributed by atoms with Gasteiger partial charge in [-0.2, -0.15) is 13.2 Å². The lowest BCUT2D eigenvalue weighted by molar-refractivity contribution is -0.245. The van der Waals surface area contributed by atoms with E-state index in [2.05, 4.69) is 0 Å². The molecule has 0 amide bonds. The number of ether oxygens (including phenoxy) is 1. The lowest BCUT2D eigenvalue weighted by atomic mass is 9.88. The number of rotatable bonds is 3. The zero-order valence-electron chi connectivity index (χ0n) is 12.2. The highest BCUT2D eigenvalue weighted by molar-refractivity contribution is 5.47. The predicted molar refractivity (Wildman–Crippen MR) is 71.9 cm³/mol. The monoisotopic (exact) mass is 288 g/mol. The van der Waals surface area contributed by atoms with Crippen LogP contribution in [0.25, 0.3) is 0 Å². The molecule has 0 saturated carbocycles. The van der Waals surface area contributed by atoms with Gasteiger partial charge in [-0.25, -0.2) is 0 Å². The minimum absolute atomic E-state index is 0.0189. The van der Waals surface area contributed by atoms with E-state index in [1.165, 1.54) is 33.1 Å². The topological polar surface area (TPSA) is 29.5 Å². The van der Waals surface area contributed by atoms with E-state index in [0.29, 0.717) is 11.1 Å². The van der Waals surface area contributed by atoms with E-state index in [-0.39, 0.29) is 11.3 Å². The molecule has 0 radical (unpaired) electrons. The Balaban J connectivity index is 3.66.